The minimum Gasteiger partial charge on any atom is -0.479 e. The molecule has 0 aliphatic rings. The Hall–Kier alpha value is -1.79. The van der Waals surface area contributed by atoms with Gasteiger partial charge in [-0.05, 0) is 26.0 Å². The van der Waals surface area contributed by atoms with E-state index in [4.69, 9.17) is 14.9 Å². The maximum Gasteiger partial charge on any atom is 0.238 e. The molecular weight excluding hydrogens is 315 g/mol. The zero-order valence-corrected chi connectivity index (χ0v) is 13.6. The molecule has 21 heavy (non-hydrogen) atoms. The van der Waals surface area contributed by atoms with Crippen LogP contribution in [0.4, 0.5) is 0 Å². The number of aryl methyl sites for hydroxylation is 1. The third-order valence-corrected chi connectivity index (χ3v) is 2.54. The predicted molar refractivity (Wildman–Crippen MR) is 85.6 cm³/mol. The summed E-state index contributed by atoms with van der Waals surface area (Å²) < 4.78 is 12.2. The number of imidazole rings is 1. The maximum atomic E-state index is 7.72. The van der Waals surface area contributed by atoms with Crippen molar-refractivity contribution >= 4 is 30.7 Å². The molecule has 0 fully saturated rings. The Labute approximate surface area is 135 Å². The van der Waals surface area contributed by atoms with Gasteiger partial charge in [0.1, 0.15) is 11.4 Å². The molecule has 0 radical (unpaired) electrons. The van der Waals surface area contributed by atoms with Crippen LogP contribution in [0.5, 0.6) is 5.88 Å². The van der Waals surface area contributed by atoms with Crippen LogP contribution in [0, 0.1) is 12.3 Å². The van der Waals surface area contributed by atoms with Crippen LogP contribution < -0.4 is 4.74 Å². The number of methoxy groups -OCH3 is 1. The van der Waals surface area contributed by atoms with Gasteiger partial charge in [0.25, 0.3) is 0 Å². The van der Waals surface area contributed by atoms with Crippen molar-refractivity contribution in [3.05, 3.63) is 36.0 Å². The molecule has 2 aromatic heterocycles. The molecule has 8 heteroatoms. The summed E-state index contributed by atoms with van der Waals surface area (Å²) in [4.78, 5) is 8.44. The first-order valence-corrected chi connectivity index (χ1v) is 5.93. The largest absolute Gasteiger partial charge is 0.479 e. The number of ether oxygens (including phenoxy) is 2. The molecule has 0 amide bonds. The highest BCUT2D eigenvalue weighted by Crippen LogP contribution is 2.21. The zero-order chi connectivity index (χ0) is 13.8. The van der Waals surface area contributed by atoms with E-state index in [1.54, 1.807) is 19.5 Å². The molecule has 2 heterocycles. The average Bonchev–Trinajstić information content (AvgIpc) is 2.84. The molecule has 0 unspecified atom stereocenters. The van der Waals surface area contributed by atoms with Crippen molar-refractivity contribution in [2.75, 3.05) is 13.7 Å². The summed E-state index contributed by atoms with van der Waals surface area (Å²) in [7, 11) is 1.55. The van der Waals surface area contributed by atoms with Gasteiger partial charge >= 0.3 is 0 Å². The summed E-state index contributed by atoms with van der Waals surface area (Å²) in [5, 5.41) is 7.72. The van der Waals surface area contributed by atoms with Crippen molar-refractivity contribution < 1.29 is 9.47 Å². The van der Waals surface area contributed by atoms with Crippen molar-refractivity contribution in [1.82, 2.24) is 14.5 Å². The van der Waals surface area contributed by atoms with Crippen LogP contribution in [0.25, 0.3) is 5.69 Å². The molecule has 2 rings (SSSR count). The summed E-state index contributed by atoms with van der Waals surface area (Å²) in [5.74, 6) is 0.466. The number of nitrogens with one attached hydrogen (secondary N) is 1. The molecule has 6 nitrogen and oxygen atoms in total. The van der Waals surface area contributed by atoms with Crippen molar-refractivity contribution in [1.29, 1.82) is 5.41 Å². The summed E-state index contributed by atoms with van der Waals surface area (Å²) in [6, 6.07) is 3.56. The average molecular weight is 333 g/mol. The first-order valence-electron chi connectivity index (χ1n) is 5.93. The fourth-order valence-electron chi connectivity index (χ4n) is 1.68. The van der Waals surface area contributed by atoms with Gasteiger partial charge in [-0.3, -0.25) is 5.41 Å². The predicted octanol–water partition coefficient (Wildman–Crippen LogP) is 2.79. The monoisotopic (exact) mass is 332 g/mol. The van der Waals surface area contributed by atoms with E-state index < -0.39 is 0 Å². The minimum absolute atomic E-state index is 0. The molecule has 0 aliphatic heterocycles. The first kappa shape index (κ1) is 19.2. The van der Waals surface area contributed by atoms with Gasteiger partial charge in [0, 0.05) is 6.20 Å². The van der Waals surface area contributed by atoms with Gasteiger partial charge in [0.05, 0.1) is 25.7 Å². The number of halogens is 2. The Morgan fingerprint density at radius 2 is 2.05 bits per heavy atom. The molecule has 0 saturated heterocycles. The Bertz CT molecular complexity index is 602. The van der Waals surface area contributed by atoms with E-state index in [1.165, 1.54) is 0 Å². The molecule has 1 N–H and O–H groups in total. The second-order valence-corrected chi connectivity index (χ2v) is 3.91. The standard InChI is InChI=1S/C13H16N4O2.2ClH/c1-4-19-12(14)10-5-6-11(13(16-10)18-3)17-7-9(2)15-8-17;;/h5-8,14H,4H2,1-3H3;2*1H. The Morgan fingerprint density at radius 1 is 1.33 bits per heavy atom. The van der Waals surface area contributed by atoms with E-state index >= 15 is 0 Å². The fraction of sp³-hybridized carbons (Fsp3) is 0.308. The molecule has 0 aromatic carbocycles. The molecule has 0 bridgehead atoms. The van der Waals surface area contributed by atoms with Crippen molar-refractivity contribution in [2.45, 2.75) is 13.8 Å². The van der Waals surface area contributed by atoms with E-state index in [0.29, 0.717) is 18.2 Å². The lowest BCUT2D eigenvalue weighted by Gasteiger charge is -2.10. The maximum absolute atomic E-state index is 7.72. The van der Waals surface area contributed by atoms with Crippen LogP contribution in [-0.2, 0) is 4.74 Å². The van der Waals surface area contributed by atoms with Gasteiger partial charge in [-0.2, -0.15) is 0 Å². The normalized spacial score (nSPS) is 9.29. The second-order valence-electron chi connectivity index (χ2n) is 3.91. The van der Waals surface area contributed by atoms with Gasteiger partial charge in [0.15, 0.2) is 0 Å². The highest BCUT2D eigenvalue weighted by molar-refractivity contribution is 5.89. The number of nitrogens with zero attached hydrogens (tertiary/aromatic N) is 3. The molecule has 0 aliphatic carbocycles. The summed E-state index contributed by atoms with van der Waals surface area (Å²) >= 11 is 0. The summed E-state index contributed by atoms with van der Waals surface area (Å²) in [5.41, 5.74) is 2.13. The molecule has 0 spiro atoms. The third-order valence-electron chi connectivity index (χ3n) is 2.54. The summed E-state index contributed by atoms with van der Waals surface area (Å²) in [6.45, 7) is 4.18. The number of hydrogen-bond donors (Lipinski definition) is 1. The highest BCUT2D eigenvalue weighted by Gasteiger charge is 2.11. The van der Waals surface area contributed by atoms with Gasteiger partial charge in [-0.25, -0.2) is 9.97 Å². The lowest BCUT2D eigenvalue weighted by atomic mass is 10.3. The smallest absolute Gasteiger partial charge is 0.238 e. The molecule has 0 saturated carbocycles. The minimum atomic E-state index is 0. The Morgan fingerprint density at radius 3 is 2.57 bits per heavy atom. The third kappa shape index (κ3) is 4.34. The van der Waals surface area contributed by atoms with Crippen LogP contribution in [0.1, 0.15) is 18.3 Å². The molecule has 2 aromatic rings. The Kier molecular flexibility index (Phi) is 7.76. The van der Waals surface area contributed by atoms with E-state index in [-0.39, 0.29) is 30.7 Å². The lowest BCUT2D eigenvalue weighted by Crippen LogP contribution is -2.09. The zero-order valence-electron chi connectivity index (χ0n) is 12.0. The molecule has 0 atom stereocenters. The van der Waals surface area contributed by atoms with Gasteiger partial charge < -0.3 is 14.0 Å². The van der Waals surface area contributed by atoms with Gasteiger partial charge in [-0.15, -0.1) is 24.8 Å². The van der Waals surface area contributed by atoms with E-state index in [9.17, 15) is 0 Å². The van der Waals surface area contributed by atoms with Crippen molar-refractivity contribution in [2.24, 2.45) is 0 Å². The molecular formula is C13H18Cl2N4O2. The lowest BCUT2D eigenvalue weighted by molar-refractivity contribution is 0.323. The topological polar surface area (TPSA) is 73.0 Å². The van der Waals surface area contributed by atoms with Crippen LogP contribution in [-0.4, -0.2) is 34.1 Å². The number of hydrogen-bond acceptors (Lipinski definition) is 5. The van der Waals surface area contributed by atoms with Gasteiger partial charge in [-0.1, -0.05) is 0 Å². The van der Waals surface area contributed by atoms with E-state index in [0.717, 1.165) is 11.4 Å². The van der Waals surface area contributed by atoms with E-state index in [2.05, 4.69) is 9.97 Å². The van der Waals surface area contributed by atoms with Crippen LogP contribution in [0.2, 0.25) is 0 Å². The SMILES string of the molecule is CCOC(=N)c1ccc(-n2cnc(C)c2)c(OC)n1.Cl.Cl. The summed E-state index contributed by atoms with van der Waals surface area (Å²) in [6.07, 6.45) is 3.58. The van der Waals surface area contributed by atoms with Crippen molar-refractivity contribution in [3.63, 3.8) is 0 Å². The van der Waals surface area contributed by atoms with Crippen LogP contribution >= 0.6 is 24.8 Å². The first-order chi connectivity index (χ1) is 9.15. The molecule has 116 valence electrons. The highest BCUT2D eigenvalue weighted by atomic mass is 35.5. The van der Waals surface area contributed by atoms with Crippen LogP contribution in [0.3, 0.4) is 0 Å². The number of aromatic nitrogens is 3. The second kappa shape index (κ2) is 8.49. The quantitative estimate of drug-likeness (QED) is 0.690. The van der Waals surface area contributed by atoms with Gasteiger partial charge in [0.2, 0.25) is 11.8 Å². The van der Waals surface area contributed by atoms with E-state index in [1.807, 2.05) is 30.7 Å². The number of pyridine rings is 1. The van der Waals surface area contributed by atoms with Crippen molar-refractivity contribution in [3.8, 4) is 11.6 Å². The fourth-order valence-corrected chi connectivity index (χ4v) is 1.68. The Balaban J connectivity index is 0.00000200. The van der Waals surface area contributed by atoms with Crippen LogP contribution in [0.15, 0.2) is 24.7 Å². The number of rotatable bonds is 4.